The van der Waals surface area contributed by atoms with E-state index in [9.17, 15) is 15.0 Å². The number of benzene rings is 1. The molecule has 0 radical (unpaired) electrons. The lowest BCUT2D eigenvalue weighted by Gasteiger charge is -2.13. The molecule has 0 bridgehead atoms. The van der Waals surface area contributed by atoms with Crippen molar-refractivity contribution >= 4 is 5.97 Å². The van der Waals surface area contributed by atoms with Crippen LogP contribution >= 0.6 is 0 Å². The molecule has 0 amide bonds. The minimum atomic E-state index is -0.795. The van der Waals surface area contributed by atoms with Crippen molar-refractivity contribution in [2.45, 2.75) is 20.3 Å². The summed E-state index contributed by atoms with van der Waals surface area (Å²) in [5.74, 6) is -1.17. The number of hydrogen-bond donors (Lipinski definition) is 2. The highest BCUT2D eigenvalue weighted by molar-refractivity contribution is 5.96. The van der Waals surface area contributed by atoms with E-state index in [1.165, 1.54) is 20.3 Å². The van der Waals surface area contributed by atoms with Gasteiger partial charge in [0.05, 0.1) is 14.2 Å². The van der Waals surface area contributed by atoms with Gasteiger partial charge >= 0.3 is 5.97 Å². The lowest BCUT2D eigenvalue weighted by molar-refractivity contribution is 0.0593. The summed E-state index contributed by atoms with van der Waals surface area (Å²) in [6.45, 7) is 3.84. The van der Waals surface area contributed by atoms with Crippen molar-refractivity contribution in [2.24, 2.45) is 0 Å². The minimum Gasteiger partial charge on any atom is -0.507 e. The number of methoxy groups -OCH3 is 2. The fourth-order valence-corrected chi connectivity index (χ4v) is 1.66. The Balaban J connectivity index is 3.42. The van der Waals surface area contributed by atoms with Crippen molar-refractivity contribution in [3.63, 3.8) is 0 Å². The number of hydrogen-bond acceptors (Lipinski definition) is 5. The summed E-state index contributed by atoms with van der Waals surface area (Å²) in [4.78, 5) is 11.5. The highest BCUT2D eigenvalue weighted by Gasteiger charge is 2.23. The van der Waals surface area contributed by atoms with Crippen LogP contribution in [-0.2, 0) is 11.2 Å². The number of carbonyl (C=O) groups excluding carboxylic acids is 1. The second-order valence-corrected chi connectivity index (χ2v) is 4.28. The highest BCUT2D eigenvalue weighted by atomic mass is 16.5. The Bertz CT molecular complexity index is 513. The van der Waals surface area contributed by atoms with Crippen LogP contribution in [0.25, 0.3) is 0 Å². The first-order chi connectivity index (χ1) is 8.92. The molecule has 0 saturated carbocycles. The standard InChI is InChI=1S/C14H18O5/c1-8(2)5-6-9-11(18-3)7-10(15)12(13(9)16)14(17)19-4/h5,7,15-16H,6H2,1-4H3. The number of allylic oxidation sites excluding steroid dienone is 2. The Morgan fingerprint density at radius 2 is 1.95 bits per heavy atom. The molecule has 1 aromatic rings. The molecule has 0 aromatic heterocycles. The normalized spacial score (nSPS) is 9.89. The molecule has 0 unspecified atom stereocenters. The molecule has 1 rings (SSSR count). The molecular weight excluding hydrogens is 248 g/mol. The lowest BCUT2D eigenvalue weighted by atomic mass is 10.0. The first kappa shape index (κ1) is 14.9. The van der Waals surface area contributed by atoms with Gasteiger partial charge in [-0.15, -0.1) is 0 Å². The van der Waals surface area contributed by atoms with Gasteiger partial charge in [-0.05, 0) is 20.3 Å². The zero-order valence-electron chi connectivity index (χ0n) is 11.5. The molecular formula is C14H18O5. The molecule has 0 aliphatic carbocycles. The summed E-state index contributed by atoms with van der Waals surface area (Å²) in [7, 11) is 2.61. The van der Waals surface area contributed by atoms with Gasteiger partial charge in [-0.3, -0.25) is 0 Å². The fourth-order valence-electron chi connectivity index (χ4n) is 1.66. The van der Waals surface area contributed by atoms with Crippen LogP contribution in [0.1, 0.15) is 29.8 Å². The first-order valence-corrected chi connectivity index (χ1v) is 5.75. The minimum absolute atomic E-state index is 0.250. The zero-order valence-corrected chi connectivity index (χ0v) is 11.5. The van der Waals surface area contributed by atoms with Crippen LogP contribution in [0.3, 0.4) is 0 Å². The number of rotatable bonds is 4. The first-order valence-electron chi connectivity index (χ1n) is 5.75. The van der Waals surface area contributed by atoms with E-state index in [4.69, 9.17) is 4.74 Å². The van der Waals surface area contributed by atoms with Gasteiger partial charge in [0.2, 0.25) is 0 Å². The van der Waals surface area contributed by atoms with E-state index in [1.54, 1.807) is 0 Å². The summed E-state index contributed by atoms with van der Waals surface area (Å²) in [5, 5.41) is 19.9. The maximum absolute atomic E-state index is 11.5. The van der Waals surface area contributed by atoms with Crippen molar-refractivity contribution in [1.82, 2.24) is 0 Å². The van der Waals surface area contributed by atoms with Crippen LogP contribution in [0.4, 0.5) is 0 Å². The summed E-state index contributed by atoms with van der Waals surface area (Å²) in [6.07, 6.45) is 2.28. The molecule has 19 heavy (non-hydrogen) atoms. The average Bonchev–Trinajstić information content (AvgIpc) is 2.36. The Morgan fingerprint density at radius 3 is 2.42 bits per heavy atom. The van der Waals surface area contributed by atoms with Gasteiger partial charge in [-0.1, -0.05) is 11.6 Å². The average molecular weight is 266 g/mol. The topological polar surface area (TPSA) is 76.0 Å². The summed E-state index contributed by atoms with van der Waals surface area (Å²) in [6, 6.07) is 1.29. The smallest absolute Gasteiger partial charge is 0.345 e. The molecule has 104 valence electrons. The molecule has 0 heterocycles. The van der Waals surface area contributed by atoms with E-state index in [2.05, 4.69) is 4.74 Å². The van der Waals surface area contributed by atoms with Crippen LogP contribution in [-0.4, -0.2) is 30.4 Å². The van der Waals surface area contributed by atoms with Gasteiger partial charge in [-0.2, -0.15) is 0 Å². The third-order valence-electron chi connectivity index (χ3n) is 2.67. The summed E-state index contributed by atoms with van der Waals surface area (Å²) in [5.41, 5.74) is 1.25. The zero-order chi connectivity index (χ0) is 14.6. The Kier molecular flexibility index (Phi) is 4.80. The summed E-state index contributed by atoms with van der Waals surface area (Å²) < 4.78 is 9.64. The van der Waals surface area contributed by atoms with Crippen molar-refractivity contribution in [2.75, 3.05) is 14.2 Å². The predicted molar refractivity (Wildman–Crippen MR) is 70.8 cm³/mol. The molecule has 2 N–H and O–H groups in total. The predicted octanol–water partition coefficient (Wildman–Crippen LogP) is 2.40. The number of carbonyl (C=O) groups is 1. The van der Waals surface area contributed by atoms with Crippen LogP contribution in [0.15, 0.2) is 17.7 Å². The van der Waals surface area contributed by atoms with Crippen molar-refractivity contribution < 1.29 is 24.5 Å². The largest absolute Gasteiger partial charge is 0.507 e. The maximum atomic E-state index is 11.5. The van der Waals surface area contributed by atoms with E-state index in [1.807, 2.05) is 19.9 Å². The highest BCUT2D eigenvalue weighted by Crippen LogP contribution is 2.38. The molecule has 0 aliphatic rings. The second-order valence-electron chi connectivity index (χ2n) is 4.28. The molecule has 0 atom stereocenters. The Morgan fingerprint density at radius 1 is 1.32 bits per heavy atom. The maximum Gasteiger partial charge on any atom is 0.345 e. The number of esters is 1. The van der Waals surface area contributed by atoms with E-state index < -0.39 is 5.97 Å². The third-order valence-corrected chi connectivity index (χ3v) is 2.67. The molecule has 0 spiro atoms. The monoisotopic (exact) mass is 266 g/mol. The van der Waals surface area contributed by atoms with E-state index in [0.717, 1.165) is 5.57 Å². The van der Waals surface area contributed by atoms with E-state index in [0.29, 0.717) is 17.7 Å². The molecule has 1 aromatic carbocycles. The molecule has 0 saturated heterocycles. The molecule has 5 nitrogen and oxygen atoms in total. The van der Waals surface area contributed by atoms with Crippen LogP contribution in [0, 0.1) is 0 Å². The number of phenolic OH excluding ortho intramolecular Hbond substituents is 2. The Labute approximate surface area is 112 Å². The van der Waals surface area contributed by atoms with E-state index >= 15 is 0 Å². The van der Waals surface area contributed by atoms with Crippen LogP contribution in [0.2, 0.25) is 0 Å². The summed E-state index contributed by atoms with van der Waals surface area (Å²) >= 11 is 0. The van der Waals surface area contributed by atoms with Crippen molar-refractivity contribution in [3.8, 4) is 17.2 Å². The van der Waals surface area contributed by atoms with Crippen molar-refractivity contribution in [3.05, 3.63) is 28.8 Å². The van der Waals surface area contributed by atoms with Gasteiger partial charge in [0, 0.05) is 11.6 Å². The Hall–Kier alpha value is -2.17. The van der Waals surface area contributed by atoms with E-state index in [-0.39, 0.29) is 17.1 Å². The van der Waals surface area contributed by atoms with Crippen molar-refractivity contribution in [1.29, 1.82) is 0 Å². The molecule has 0 aliphatic heterocycles. The van der Waals surface area contributed by atoms with Gasteiger partial charge in [0.15, 0.2) is 0 Å². The van der Waals surface area contributed by atoms with Crippen LogP contribution in [0.5, 0.6) is 17.2 Å². The number of phenols is 2. The molecule has 0 fully saturated rings. The molecule has 5 heteroatoms. The lowest BCUT2D eigenvalue weighted by Crippen LogP contribution is -2.05. The van der Waals surface area contributed by atoms with Gasteiger partial charge < -0.3 is 19.7 Å². The van der Waals surface area contributed by atoms with Crippen LogP contribution < -0.4 is 4.74 Å². The second kappa shape index (κ2) is 6.13. The number of aromatic hydroxyl groups is 2. The fraction of sp³-hybridized carbons (Fsp3) is 0.357. The third kappa shape index (κ3) is 3.19. The number of ether oxygens (including phenoxy) is 2. The van der Waals surface area contributed by atoms with Gasteiger partial charge in [0.25, 0.3) is 0 Å². The van der Waals surface area contributed by atoms with Gasteiger partial charge in [-0.25, -0.2) is 4.79 Å². The quantitative estimate of drug-likeness (QED) is 0.646. The SMILES string of the molecule is COC(=O)c1c(O)cc(OC)c(CC=C(C)C)c1O. The van der Waals surface area contributed by atoms with Gasteiger partial charge in [0.1, 0.15) is 22.8 Å².